The minimum Gasteiger partial charge on any atom is -0.379 e. The average Bonchev–Trinajstić information content (AvgIpc) is 2.72. The molecule has 7 heteroatoms. The van der Waals surface area contributed by atoms with Gasteiger partial charge in [-0.05, 0) is 17.7 Å². The summed E-state index contributed by atoms with van der Waals surface area (Å²) in [5, 5.41) is 6.80. The Kier molecular flexibility index (Phi) is 7.54. The van der Waals surface area contributed by atoms with E-state index in [4.69, 9.17) is 9.47 Å². The summed E-state index contributed by atoms with van der Waals surface area (Å²) < 4.78 is 10.8. The molecule has 1 aromatic carbocycles. The van der Waals surface area contributed by atoms with Gasteiger partial charge in [-0.1, -0.05) is 12.1 Å². The summed E-state index contributed by atoms with van der Waals surface area (Å²) in [6.45, 7) is 9.90. The monoisotopic (exact) mass is 361 g/mol. The molecule has 2 N–H and O–H groups in total. The van der Waals surface area contributed by atoms with Gasteiger partial charge < -0.3 is 25.0 Å². The molecule has 0 bridgehead atoms. The van der Waals surface area contributed by atoms with Gasteiger partial charge in [0.1, 0.15) is 0 Å². The first-order valence-corrected chi connectivity index (χ1v) is 9.51. The van der Waals surface area contributed by atoms with Gasteiger partial charge in [0.2, 0.25) is 0 Å². The largest absolute Gasteiger partial charge is 0.379 e. The van der Waals surface area contributed by atoms with Crippen LogP contribution in [0.4, 0.5) is 5.69 Å². The van der Waals surface area contributed by atoms with Crippen molar-refractivity contribution < 1.29 is 9.47 Å². The maximum atomic E-state index is 5.44. The van der Waals surface area contributed by atoms with Gasteiger partial charge in [0, 0.05) is 58.5 Å². The molecule has 2 aliphatic heterocycles. The zero-order valence-corrected chi connectivity index (χ0v) is 15.7. The third-order valence-corrected chi connectivity index (χ3v) is 4.79. The van der Waals surface area contributed by atoms with Crippen LogP contribution < -0.4 is 15.5 Å². The number of hydrogen-bond acceptors (Lipinski definition) is 5. The standard InChI is InChI=1S/C19H31N5O2/c1-20-19(21-5-6-23-7-11-25-12-8-23)22-16-17-3-2-4-18(15-17)24-9-13-26-14-10-24/h2-4,15H,5-14,16H2,1H3,(H2,20,21,22). The first-order valence-electron chi connectivity index (χ1n) is 9.51. The fraction of sp³-hybridized carbons (Fsp3) is 0.632. The summed E-state index contributed by atoms with van der Waals surface area (Å²) in [5.74, 6) is 0.843. The first-order chi connectivity index (χ1) is 12.8. The Morgan fingerprint density at radius 2 is 1.77 bits per heavy atom. The highest BCUT2D eigenvalue weighted by atomic mass is 16.5. The normalized spacial score (nSPS) is 19.4. The highest BCUT2D eigenvalue weighted by Crippen LogP contribution is 2.17. The number of aliphatic imine (C=N–C) groups is 1. The van der Waals surface area contributed by atoms with Crippen LogP contribution in [0.2, 0.25) is 0 Å². The number of morpholine rings is 2. The van der Waals surface area contributed by atoms with Crippen molar-refractivity contribution in [3.63, 3.8) is 0 Å². The molecule has 0 aliphatic carbocycles. The summed E-state index contributed by atoms with van der Waals surface area (Å²) in [5.41, 5.74) is 2.52. The Bertz CT molecular complexity index is 569. The molecule has 0 spiro atoms. The highest BCUT2D eigenvalue weighted by Gasteiger charge is 2.12. The van der Waals surface area contributed by atoms with Crippen LogP contribution >= 0.6 is 0 Å². The molecular formula is C19H31N5O2. The van der Waals surface area contributed by atoms with E-state index in [1.54, 1.807) is 0 Å². The number of ether oxygens (including phenoxy) is 2. The third kappa shape index (κ3) is 5.86. The molecule has 2 fully saturated rings. The van der Waals surface area contributed by atoms with E-state index in [2.05, 4.69) is 49.7 Å². The van der Waals surface area contributed by atoms with Crippen molar-refractivity contribution in [2.75, 3.05) is 77.6 Å². The molecule has 0 amide bonds. The van der Waals surface area contributed by atoms with Crippen LogP contribution in [0.25, 0.3) is 0 Å². The van der Waals surface area contributed by atoms with Crippen molar-refractivity contribution in [3.05, 3.63) is 29.8 Å². The number of anilines is 1. The molecule has 0 unspecified atom stereocenters. The van der Waals surface area contributed by atoms with Crippen LogP contribution in [0, 0.1) is 0 Å². The van der Waals surface area contributed by atoms with Crippen LogP contribution in [0.3, 0.4) is 0 Å². The van der Waals surface area contributed by atoms with Crippen molar-refractivity contribution in [1.82, 2.24) is 15.5 Å². The van der Waals surface area contributed by atoms with E-state index in [1.807, 2.05) is 7.05 Å². The number of rotatable bonds is 6. The minimum absolute atomic E-state index is 0.759. The second kappa shape index (κ2) is 10.4. The van der Waals surface area contributed by atoms with Crippen molar-refractivity contribution >= 4 is 11.6 Å². The summed E-state index contributed by atoms with van der Waals surface area (Å²) in [4.78, 5) is 9.11. The van der Waals surface area contributed by atoms with Gasteiger partial charge in [0.05, 0.1) is 26.4 Å². The maximum Gasteiger partial charge on any atom is 0.191 e. The topological polar surface area (TPSA) is 61.4 Å². The lowest BCUT2D eigenvalue weighted by atomic mass is 10.2. The molecule has 7 nitrogen and oxygen atoms in total. The van der Waals surface area contributed by atoms with Crippen LogP contribution in [-0.4, -0.2) is 83.6 Å². The van der Waals surface area contributed by atoms with Crippen molar-refractivity contribution in [2.24, 2.45) is 4.99 Å². The second-order valence-electron chi connectivity index (χ2n) is 6.58. The molecule has 0 saturated carbocycles. The van der Waals surface area contributed by atoms with E-state index in [0.29, 0.717) is 0 Å². The Labute approximate surface area is 156 Å². The first kappa shape index (κ1) is 18.9. The van der Waals surface area contributed by atoms with E-state index in [0.717, 1.165) is 78.2 Å². The van der Waals surface area contributed by atoms with Gasteiger partial charge >= 0.3 is 0 Å². The predicted octanol–water partition coefficient (Wildman–Crippen LogP) is 0.520. The SMILES string of the molecule is CN=C(NCCN1CCOCC1)NCc1cccc(N2CCOCC2)c1. The van der Waals surface area contributed by atoms with Gasteiger partial charge in [-0.25, -0.2) is 0 Å². The summed E-state index contributed by atoms with van der Waals surface area (Å²) >= 11 is 0. The maximum absolute atomic E-state index is 5.44. The van der Waals surface area contributed by atoms with Crippen LogP contribution in [0.1, 0.15) is 5.56 Å². The van der Waals surface area contributed by atoms with Crippen LogP contribution in [0.5, 0.6) is 0 Å². The average molecular weight is 361 g/mol. The molecule has 2 heterocycles. The Morgan fingerprint density at radius 3 is 2.50 bits per heavy atom. The zero-order chi connectivity index (χ0) is 18.0. The molecule has 3 rings (SSSR count). The van der Waals surface area contributed by atoms with Crippen LogP contribution in [-0.2, 0) is 16.0 Å². The lowest BCUT2D eigenvalue weighted by Crippen LogP contribution is -2.44. The molecule has 0 atom stereocenters. The summed E-state index contributed by atoms with van der Waals surface area (Å²) in [6.07, 6.45) is 0. The molecule has 2 aliphatic rings. The lowest BCUT2D eigenvalue weighted by molar-refractivity contribution is 0.0389. The minimum atomic E-state index is 0.759. The van der Waals surface area contributed by atoms with Crippen molar-refractivity contribution in [2.45, 2.75) is 6.54 Å². The molecule has 26 heavy (non-hydrogen) atoms. The van der Waals surface area contributed by atoms with E-state index < -0.39 is 0 Å². The van der Waals surface area contributed by atoms with Gasteiger partial charge in [0.25, 0.3) is 0 Å². The fourth-order valence-electron chi connectivity index (χ4n) is 3.25. The zero-order valence-electron chi connectivity index (χ0n) is 15.7. The van der Waals surface area contributed by atoms with E-state index >= 15 is 0 Å². The smallest absolute Gasteiger partial charge is 0.191 e. The molecule has 1 aromatic rings. The number of hydrogen-bond donors (Lipinski definition) is 2. The summed E-state index contributed by atoms with van der Waals surface area (Å²) in [7, 11) is 1.81. The number of nitrogens with zero attached hydrogens (tertiary/aromatic N) is 3. The van der Waals surface area contributed by atoms with E-state index in [1.165, 1.54) is 11.3 Å². The lowest BCUT2D eigenvalue weighted by Gasteiger charge is -2.29. The van der Waals surface area contributed by atoms with Gasteiger partial charge in [-0.2, -0.15) is 0 Å². The van der Waals surface area contributed by atoms with Gasteiger partial charge in [0.15, 0.2) is 5.96 Å². The van der Waals surface area contributed by atoms with Gasteiger partial charge in [-0.3, -0.25) is 9.89 Å². The summed E-state index contributed by atoms with van der Waals surface area (Å²) in [6, 6.07) is 8.69. The molecule has 0 radical (unpaired) electrons. The molecule has 2 saturated heterocycles. The highest BCUT2D eigenvalue weighted by molar-refractivity contribution is 5.79. The van der Waals surface area contributed by atoms with Crippen LogP contribution in [0.15, 0.2) is 29.3 Å². The Morgan fingerprint density at radius 1 is 1.04 bits per heavy atom. The number of guanidine groups is 1. The van der Waals surface area contributed by atoms with Gasteiger partial charge in [-0.15, -0.1) is 0 Å². The molecular weight excluding hydrogens is 330 g/mol. The quantitative estimate of drug-likeness (QED) is 0.569. The molecule has 0 aromatic heterocycles. The third-order valence-electron chi connectivity index (χ3n) is 4.79. The van der Waals surface area contributed by atoms with E-state index in [-0.39, 0.29) is 0 Å². The fourth-order valence-corrected chi connectivity index (χ4v) is 3.25. The Balaban J connectivity index is 1.42. The second-order valence-corrected chi connectivity index (χ2v) is 6.58. The van der Waals surface area contributed by atoms with Crippen molar-refractivity contribution in [3.8, 4) is 0 Å². The van der Waals surface area contributed by atoms with Crippen molar-refractivity contribution in [1.29, 1.82) is 0 Å². The Hall–Kier alpha value is -1.83. The number of benzene rings is 1. The number of nitrogens with one attached hydrogen (secondary N) is 2. The van der Waals surface area contributed by atoms with E-state index in [9.17, 15) is 0 Å². The molecule has 144 valence electrons. The predicted molar refractivity (Wildman–Crippen MR) is 105 cm³/mol.